The van der Waals surface area contributed by atoms with E-state index in [0.717, 1.165) is 82.7 Å². The van der Waals surface area contributed by atoms with E-state index in [4.69, 9.17) is 16.3 Å². The van der Waals surface area contributed by atoms with Gasteiger partial charge in [-0.2, -0.15) is 4.31 Å². The van der Waals surface area contributed by atoms with Crippen LogP contribution < -0.4 is 16.0 Å². The molecule has 2 aromatic carbocycles. The van der Waals surface area contributed by atoms with Crippen LogP contribution in [-0.2, 0) is 37.2 Å². The largest absolute Gasteiger partial charge is 0.381 e. The Morgan fingerprint density at radius 1 is 1.11 bits per heavy atom. The molecule has 240 valence electrons. The summed E-state index contributed by atoms with van der Waals surface area (Å²) in [6, 6.07) is 8.40. The molecule has 1 aliphatic carbocycles. The molecule has 2 amide bonds. The second kappa shape index (κ2) is 14.7. The van der Waals surface area contributed by atoms with Crippen molar-refractivity contribution in [2.24, 2.45) is 5.92 Å². The lowest BCUT2D eigenvalue weighted by molar-refractivity contribution is -0.132. The molecular weight excluding hydrogens is 600 g/mol. The minimum Gasteiger partial charge on any atom is -0.381 e. The number of carbonyl (C=O) groups is 2. The number of halogens is 1. The molecule has 0 radical (unpaired) electrons. The molecule has 0 saturated carbocycles. The van der Waals surface area contributed by atoms with Gasteiger partial charge in [0.1, 0.15) is 6.04 Å². The Bertz CT molecular complexity index is 1460. The van der Waals surface area contributed by atoms with Crippen LogP contribution in [0.15, 0.2) is 35.2 Å². The SMILES string of the molecule is Cc1cc(S(=O)(=O)N2CCNC(=O)[C@H]2CC(=O)N[C@@H]2CCCc3cc(CCCNCC4CCOCC4)ccc32)c(C)cc1Cl. The van der Waals surface area contributed by atoms with Crippen molar-refractivity contribution in [1.82, 2.24) is 20.3 Å². The van der Waals surface area contributed by atoms with Gasteiger partial charge in [0.2, 0.25) is 21.8 Å². The number of ether oxygens (including phenoxy) is 1. The van der Waals surface area contributed by atoms with Crippen molar-refractivity contribution < 1.29 is 22.7 Å². The second-order valence-corrected chi connectivity index (χ2v) is 14.7. The monoisotopic (exact) mass is 644 g/mol. The number of rotatable bonds is 11. The molecule has 0 aromatic heterocycles. The number of carbonyl (C=O) groups excluding carboxylic acids is 2. The Morgan fingerprint density at radius 2 is 1.91 bits per heavy atom. The standard InChI is InChI=1S/C33H45ClN4O5S/c1-22-18-31(23(2)17-28(22)34)44(41,42)38-14-13-36-33(40)30(38)20-32(39)37-29-7-3-6-26-19-24(8-9-27(26)29)5-4-12-35-21-25-10-15-43-16-11-25/h8-9,17-19,25,29-30,35H,3-7,10-16,20-21H2,1-2H3,(H,36,40)(H,37,39)/t29-,30-/m1/s1. The van der Waals surface area contributed by atoms with Gasteiger partial charge in [-0.25, -0.2) is 8.42 Å². The summed E-state index contributed by atoms with van der Waals surface area (Å²) in [6.07, 6.45) is 6.83. The van der Waals surface area contributed by atoms with Gasteiger partial charge in [0, 0.05) is 31.3 Å². The van der Waals surface area contributed by atoms with Gasteiger partial charge in [0.05, 0.1) is 17.4 Å². The topological polar surface area (TPSA) is 117 Å². The molecule has 5 rings (SSSR count). The number of aryl methyl sites for hydroxylation is 4. The predicted octanol–water partition coefficient (Wildman–Crippen LogP) is 3.98. The van der Waals surface area contributed by atoms with Gasteiger partial charge in [-0.15, -0.1) is 0 Å². The number of nitrogens with zero attached hydrogens (tertiary/aromatic N) is 1. The van der Waals surface area contributed by atoms with Gasteiger partial charge in [-0.3, -0.25) is 9.59 Å². The highest BCUT2D eigenvalue weighted by molar-refractivity contribution is 7.89. The van der Waals surface area contributed by atoms with Gasteiger partial charge in [0.25, 0.3) is 0 Å². The maximum Gasteiger partial charge on any atom is 0.244 e. The fourth-order valence-electron chi connectivity index (χ4n) is 6.61. The van der Waals surface area contributed by atoms with Crippen molar-refractivity contribution in [2.45, 2.75) is 82.2 Å². The summed E-state index contributed by atoms with van der Waals surface area (Å²) >= 11 is 6.21. The van der Waals surface area contributed by atoms with Crippen LogP contribution in [0.1, 0.15) is 72.4 Å². The Morgan fingerprint density at radius 3 is 2.70 bits per heavy atom. The van der Waals surface area contributed by atoms with Crippen molar-refractivity contribution in [3.63, 3.8) is 0 Å². The van der Waals surface area contributed by atoms with Crippen LogP contribution in [0.5, 0.6) is 0 Å². The molecule has 2 fully saturated rings. The number of sulfonamides is 1. The smallest absolute Gasteiger partial charge is 0.244 e. The van der Waals surface area contributed by atoms with Gasteiger partial charge >= 0.3 is 0 Å². The first-order valence-corrected chi connectivity index (χ1v) is 17.7. The highest BCUT2D eigenvalue weighted by Crippen LogP contribution is 2.32. The van der Waals surface area contributed by atoms with Crippen LogP contribution in [0.3, 0.4) is 0 Å². The summed E-state index contributed by atoms with van der Waals surface area (Å²) in [5.74, 6) is -0.0837. The Kier molecular flexibility index (Phi) is 11.0. The summed E-state index contributed by atoms with van der Waals surface area (Å²) < 4.78 is 34.1. The molecule has 9 nitrogen and oxygen atoms in total. The first kappa shape index (κ1) is 32.9. The molecule has 2 atom stereocenters. The molecule has 3 N–H and O–H groups in total. The van der Waals surface area contributed by atoms with Crippen molar-refractivity contribution in [1.29, 1.82) is 0 Å². The van der Waals surface area contributed by atoms with Gasteiger partial charge in [-0.1, -0.05) is 29.8 Å². The average Bonchev–Trinajstić information content (AvgIpc) is 3.00. The van der Waals surface area contributed by atoms with E-state index in [-0.39, 0.29) is 36.4 Å². The van der Waals surface area contributed by atoms with Crippen LogP contribution in [0, 0.1) is 19.8 Å². The minimum absolute atomic E-state index is 0.0905. The van der Waals surface area contributed by atoms with E-state index in [9.17, 15) is 18.0 Å². The zero-order chi connectivity index (χ0) is 31.3. The molecule has 0 spiro atoms. The molecule has 2 aliphatic heterocycles. The molecule has 44 heavy (non-hydrogen) atoms. The normalized spacial score (nSPS) is 21.5. The van der Waals surface area contributed by atoms with Crippen molar-refractivity contribution in [3.05, 3.63) is 63.2 Å². The molecule has 2 heterocycles. The molecule has 0 unspecified atom stereocenters. The Hall–Kier alpha value is -2.50. The third-order valence-electron chi connectivity index (χ3n) is 9.15. The number of fused-ring (bicyclic) bond motifs is 1. The predicted molar refractivity (Wildman–Crippen MR) is 171 cm³/mol. The van der Waals surface area contributed by atoms with E-state index >= 15 is 0 Å². The quantitative estimate of drug-likeness (QED) is 0.319. The number of nitrogens with one attached hydrogen (secondary N) is 3. The third kappa shape index (κ3) is 7.83. The van der Waals surface area contributed by atoms with Crippen LogP contribution in [0.25, 0.3) is 0 Å². The fraction of sp³-hybridized carbons (Fsp3) is 0.576. The van der Waals surface area contributed by atoms with Crippen molar-refractivity contribution in [3.8, 4) is 0 Å². The lowest BCUT2D eigenvalue weighted by atomic mass is 9.86. The maximum absolute atomic E-state index is 13.7. The average molecular weight is 645 g/mol. The van der Waals surface area contributed by atoms with E-state index in [1.807, 2.05) is 0 Å². The summed E-state index contributed by atoms with van der Waals surface area (Å²) in [4.78, 5) is 26.4. The summed E-state index contributed by atoms with van der Waals surface area (Å²) in [5, 5.41) is 9.94. The number of amides is 2. The summed E-state index contributed by atoms with van der Waals surface area (Å²) in [6.45, 7) is 7.51. The minimum atomic E-state index is -4.04. The van der Waals surface area contributed by atoms with Gasteiger partial charge < -0.3 is 20.7 Å². The molecule has 0 bridgehead atoms. The molecule has 2 aromatic rings. The van der Waals surface area contributed by atoms with E-state index in [1.165, 1.54) is 21.5 Å². The summed E-state index contributed by atoms with van der Waals surface area (Å²) in [5.41, 5.74) is 4.79. The van der Waals surface area contributed by atoms with Crippen LogP contribution >= 0.6 is 11.6 Å². The lowest BCUT2D eigenvalue weighted by Crippen LogP contribution is -2.58. The molecule has 3 aliphatic rings. The third-order valence-corrected chi connectivity index (χ3v) is 11.6. The first-order chi connectivity index (χ1) is 21.1. The first-order valence-electron chi connectivity index (χ1n) is 15.9. The maximum atomic E-state index is 13.7. The van der Waals surface area contributed by atoms with Crippen molar-refractivity contribution in [2.75, 3.05) is 39.4 Å². The van der Waals surface area contributed by atoms with Crippen molar-refractivity contribution >= 4 is 33.4 Å². The zero-order valence-electron chi connectivity index (χ0n) is 25.8. The highest BCUT2D eigenvalue weighted by Gasteiger charge is 2.40. The lowest BCUT2D eigenvalue weighted by Gasteiger charge is -2.34. The molecular formula is C33H45ClN4O5S. The number of hydrogen-bond acceptors (Lipinski definition) is 6. The van der Waals surface area contributed by atoms with Gasteiger partial charge in [0.15, 0.2) is 0 Å². The van der Waals surface area contributed by atoms with Crippen LogP contribution in [-0.4, -0.2) is 70.0 Å². The molecule has 11 heteroatoms. The fourth-order valence-corrected chi connectivity index (χ4v) is 8.71. The Balaban J connectivity index is 1.19. The second-order valence-electron chi connectivity index (χ2n) is 12.4. The van der Waals surface area contributed by atoms with Gasteiger partial charge in [-0.05, 0) is 118 Å². The van der Waals surface area contributed by atoms with E-state index in [2.05, 4.69) is 34.1 Å². The van der Waals surface area contributed by atoms with Crippen LogP contribution in [0.4, 0.5) is 0 Å². The van der Waals surface area contributed by atoms with E-state index in [0.29, 0.717) is 16.1 Å². The number of piperazine rings is 1. The van der Waals surface area contributed by atoms with E-state index < -0.39 is 22.0 Å². The highest BCUT2D eigenvalue weighted by atomic mass is 35.5. The van der Waals surface area contributed by atoms with Crippen LogP contribution in [0.2, 0.25) is 5.02 Å². The summed E-state index contributed by atoms with van der Waals surface area (Å²) in [7, 11) is -4.04. The number of benzene rings is 2. The van der Waals surface area contributed by atoms with E-state index in [1.54, 1.807) is 19.9 Å². The Labute approximate surface area is 266 Å². The zero-order valence-corrected chi connectivity index (χ0v) is 27.4. The number of hydrogen-bond donors (Lipinski definition) is 3. The molecule has 2 saturated heterocycles.